The second kappa shape index (κ2) is 12.2. The number of anilines is 1. The smallest absolute Gasteiger partial charge is 0.265 e. The normalized spacial score (nSPS) is 13.0. The summed E-state index contributed by atoms with van der Waals surface area (Å²) in [5.41, 5.74) is 1.08. The summed E-state index contributed by atoms with van der Waals surface area (Å²) in [4.78, 5) is 37.6. The molecule has 1 aromatic carbocycles. The molecule has 6 nitrogen and oxygen atoms in total. The van der Waals surface area contributed by atoms with E-state index in [1.165, 1.54) is 45.4 Å². The number of ether oxygens (including phenoxy) is 1. The van der Waals surface area contributed by atoms with Crippen molar-refractivity contribution >= 4 is 23.3 Å². The molecule has 29 heavy (non-hydrogen) atoms. The lowest BCUT2D eigenvalue weighted by molar-refractivity contribution is -0.122. The molecule has 0 spiro atoms. The molecule has 0 atom stereocenters. The van der Waals surface area contributed by atoms with Gasteiger partial charge in [-0.15, -0.1) is 0 Å². The zero-order chi connectivity index (χ0) is 21.1. The largest absolute Gasteiger partial charge is 0.482 e. The van der Waals surface area contributed by atoms with Crippen LogP contribution in [-0.2, 0) is 9.59 Å². The van der Waals surface area contributed by atoms with Gasteiger partial charge in [0.1, 0.15) is 5.75 Å². The number of unbranched alkanes of at least 4 members (excludes halogenated alkanes) is 7. The predicted octanol–water partition coefficient (Wildman–Crippen LogP) is 4.26. The fourth-order valence-electron chi connectivity index (χ4n) is 3.45. The first kappa shape index (κ1) is 22.9. The second-order valence-corrected chi connectivity index (χ2v) is 7.65. The summed E-state index contributed by atoms with van der Waals surface area (Å²) in [7, 11) is 0. The number of carbonyl (C=O) groups is 3. The van der Waals surface area contributed by atoms with Crippen molar-refractivity contribution in [3.63, 3.8) is 0 Å². The zero-order valence-corrected chi connectivity index (χ0v) is 17.8. The molecule has 0 aromatic heterocycles. The first-order valence-corrected chi connectivity index (χ1v) is 10.9. The average molecular weight is 403 g/mol. The Morgan fingerprint density at radius 2 is 1.76 bits per heavy atom. The molecular formula is C23H34N2O4. The van der Waals surface area contributed by atoms with Crippen LogP contribution in [0.25, 0.3) is 0 Å². The quantitative estimate of drug-likeness (QED) is 0.395. The van der Waals surface area contributed by atoms with Gasteiger partial charge in [0.2, 0.25) is 5.91 Å². The van der Waals surface area contributed by atoms with Gasteiger partial charge in [-0.05, 0) is 31.5 Å². The standard InChI is InChI=1S/C23H34N2O4/c1-3-4-5-6-7-8-9-10-14-24-22(27)13-15-25-20-16-19(18(2)26)11-12-21(20)29-17-23(25)28/h11-12,16H,3-10,13-15,17H2,1-2H3,(H,24,27). The van der Waals surface area contributed by atoms with Gasteiger partial charge in [-0.3, -0.25) is 14.4 Å². The number of ketones is 1. The molecule has 1 aliphatic rings. The molecule has 1 aromatic rings. The lowest BCUT2D eigenvalue weighted by atomic mass is 10.1. The van der Waals surface area contributed by atoms with Gasteiger partial charge in [-0.2, -0.15) is 0 Å². The maximum atomic E-state index is 12.3. The van der Waals surface area contributed by atoms with Crippen molar-refractivity contribution in [2.24, 2.45) is 0 Å². The summed E-state index contributed by atoms with van der Waals surface area (Å²) < 4.78 is 5.44. The molecule has 0 radical (unpaired) electrons. The van der Waals surface area contributed by atoms with Crippen LogP contribution >= 0.6 is 0 Å². The monoisotopic (exact) mass is 402 g/mol. The van der Waals surface area contributed by atoms with Crippen molar-refractivity contribution in [3.8, 4) is 5.75 Å². The Labute approximate surface area is 174 Å². The van der Waals surface area contributed by atoms with Crippen LogP contribution in [0.5, 0.6) is 5.75 Å². The van der Waals surface area contributed by atoms with Gasteiger partial charge in [-0.1, -0.05) is 51.9 Å². The molecule has 0 saturated carbocycles. The number of nitrogens with one attached hydrogen (secondary N) is 1. The summed E-state index contributed by atoms with van der Waals surface area (Å²) >= 11 is 0. The Morgan fingerprint density at radius 3 is 2.45 bits per heavy atom. The topological polar surface area (TPSA) is 75.7 Å². The van der Waals surface area contributed by atoms with Crippen LogP contribution in [0.15, 0.2) is 18.2 Å². The number of nitrogens with zero attached hydrogens (tertiary/aromatic N) is 1. The van der Waals surface area contributed by atoms with E-state index in [1.807, 2.05) is 0 Å². The Bertz CT molecular complexity index is 702. The fourth-order valence-corrected chi connectivity index (χ4v) is 3.45. The fraction of sp³-hybridized carbons (Fsp3) is 0.609. The molecular weight excluding hydrogens is 368 g/mol. The van der Waals surface area contributed by atoms with Gasteiger partial charge in [0.15, 0.2) is 12.4 Å². The first-order valence-electron chi connectivity index (χ1n) is 10.9. The molecule has 6 heteroatoms. The van der Waals surface area contributed by atoms with Crippen molar-refractivity contribution in [1.29, 1.82) is 0 Å². The van der Waals surface area contributed by atoms with E-state index in [-0.39, 0.29) is 37.2 Å². The highest BCUT2D eigenvalue weighted by Crippen LogP contribution is 2.33. The summed E-state index contributed by atoms with van der Waals surface area (Å²) in [6.45, 7) is 4.61. The molecule has 0 saturated heterocycles. The van der Waals surface area contributed by atoms with Gasteiger partial charge in [0.25, 0.3) is 5.91 Å². The highest BCUT2D eigenvalue weighted by molar-refractivity contribution is 6.01. The van der Waals surface area contributed by atoms with E-state index in [2.05, 4.69) is 12.2 Å². The summed E-state index contributed by atoms with van der Waals surface area (Å²) in [5.74, 6) is 0.230. The Morgan fingerprint density at radius 1 is 1.07 bits per heavy atom. The highest BCUT2D eigenvalue weighted by Gasteiger charge is 2.26. The van der Waals surface area contributed by atoms with Gasteiger partial charge in [0.05, 0.1) is 5.69 Å². The Hall–Kier alpha value is -2.37. The first-order chi connectivity index (χ1) is 14.0. The van der Waals surface area contributed by atoms with Crippen molar-refractivity contribution in [1.82, 2.24) is 5.32 Å². The van der Waals surface area contributed by atoms with E-state index in [9.17, 15) is 14.4 Å². The van der Waals surface area contributed by atoms with Crippen LogP contribution in [0, 0.1) is 0 Å². The number of Topliss-reactive ketones (excluding diaryl/α,β-unsaturated/α-hetero) is 1. The molecule has 0 bridgehead atoms. The molecule has 0 unspecified atom stereocenters. The van der Waals surface area contributed by atoms with E-state index < -0.39 is 0 Å². The van der Waals surface area contributed by atoms with Crippen LogP contribution in [0.1, 0.15) is 82.0 Å². The minimum atomic E-state index is -0.200. The summed E-state index contributed by atoms with van der Waals surface area (Å²) in [6, 6.07) is 5.05. The van der Waals surface area contributed by atoms with Crippen molar-refractivity contribution < 1.29 is 19.1 Å². The Kier molecular flexibility index (Phi) is 9.68. The molecule has 0 aliphatic carbocycles. The summed E-state index contributed by atoms with van der Waals surface area (Å²) in [6.07, 6.45) is 10.1. The van der Waals surface area contributed by atoms with Crippen molar-refractivity contribution in [3.05, 3.63) is 23.8 Å². The number of hydrogen-bond acceptors (Lipinski definition) is 4. The van der Waals surface area contributed by atoms with Crippen LogP contribution in [0.4, 0.5) is 5.69 Å². The number of hydrogen-bond donors (Lipinski definition) is 1. The molecule has 0 fully saturated rings. The average Bonchev–Trinajstić information content (AvgIpc) is 2.71. The summed E-state index contributed by atoms with van der Waals surface area (Å²) in [5, 5.41) is 2.94. The second-order valence-electron chi connectivity index (χ2n) is 7.65. The molecule has 1 heterocycles. The zero-order valence-electron chi connectivity index (χ0n) is 17.8. The predicted molar refractivity (Wildman–Crippen MR) is 115 cm³/mol. The van der Waals surface area contributed by atoms with Crippen LogP contribution in [0.2, 0.25) is 0 Å². The third kappa shape index (κ3) is 7.52. The molecule has 2 amide bonds. The third-order valence-electron chi connectivity index (χ3n) is 5.22. The Balaban J connectivity index is 1.71. The molecule has 160 valence electrons. The number of fused-ring (bicyclic) bond motifs is 1. The van der Waals surface area contributed by atoms with Crippen LogP contribution < -0.4 is 15.0 Å². The van der Waals surface area contributed by atoms with E-state index in [0.29, 0.717) is 23.5 Å². The minimum Gasteiger partial charge on any atom is -0.482 e. The molecule has 1 N–H and O–H groups in total. The highest BCUT2D eigenvalue weighted by atomic mass is 16.5. The van der Waals surface area contributed by atoms with Crippen molar-refractivity contribution in [2.75, 3.05) is 24.6 Å². The van der Waals surface area contributed by atoms with E-state index in [1.54, 1.807) is 23.1 Å². The van der Waals surface area contributed by atoms with Crippen LogP contribution in [0.3, 0.4) is 0 Å². The number of amides is 2. The maximum absolute atomic E-state index is 12.3. The van der Waals surface area contributed by atoms with Crippen molar-refractivity contribution in [2.45, 2.75) is 71.6 Å². The SMILES string of the molecule is CCCCCCCCCCNC(=O)CCN1C(=O)COc2ccc(C(C)=O)cc21. The lowest BCUT2D eigenvalue weighted by Crippen LogP contribution is -2.41. The number of rotatable bonds is 13. The van der Waals surface area contributed by atoms with Gasteiger partial charge >= 0.3 is 0 Å². The van der Waals surface area contributed by atoms with Gasteiger partial charge in [-0.25, -0.2) is 0 Å². The lowest BCUT2D eigenvalue weighted by Gasteiger charge is -2.29. The number of benzene rings is 1. The third-order valence-corrected chi connectivity index (χ3v) is 5.22. The maximum Gasteiger partial charge on any atom is 0.265 e. The molecule has 1 aliphatic heterocycles. The minimum absolute atomic E-state index is 0.0493. The van der Waals surface area contributed by atoms with Gasteiger partial charge in [0, 0.05) is 25.1 Å². The van der Waals surface area contributed by atoms with E-state index in [0.717, 1.165) is 12.8 Å². The molecule has 2 rings (SSSR count). The van der Waals surface area contributed by atoms with E-state index in [4.69, 9.17) is 4.74 Å². The number of carbonyl (C=O) groups excluding carboxylic acids is 3. The van der Waals surface area contributed by atoms with Gasteiger partial charge < -0.3 is 15.0 Å². The van der Waals surface area contributed by atoms with Crippen LogP contribution in [-0.4, -0.2) is 37.3 Å². The van der Waals surface area contributed by atoms with E-state index >= 15 is 0 Å².